The topological polar surface area (TPSA) is 55.8 Å². The summed E-state index contributed by atoms with van der Waals surface area (Å²) in [6, 6.07) is 16.8. The van der Waals surface area contributed by atoms with Crippen molar-refractivity contribution in [3.8, 4) is 11.5 Å². The van der Waals surface area contributed by atoms with Crippen LogP contribution in [0.5, 0.6) is 11.5 Å². The zero-order chi connectivity index (χ0) is 21.9. The van der Waals surface area contributed by atoms with Crippen LogP contribution in [0.15, 0.2) is 78.9 Å². The summed E-state index contributed by atoms with van der Waals surface area (Å²) in [7, 11) is 0. The van der Waals surface area contributed by atoms with E-state index >= 15 is 0 Å². The van der Waals surface area contributed by atoms with Crippen LogP contribution in [0.2, 0.25) is 0 Å². The molecule has 0 aromatic heterocycles. The minimum Gasteiger partial charge on any atom is -0.494 e. The molecule has 0 saturated carbocycles. The Hall–Kier alpha value is -2.85. The van der Waals surface area contributed by atoms with Crippen LogP contribution in [0.4, 0.5) is 0 Å². The van der Waals surface area contributed by atoms with Crippen molar-refractivity contribution in [3.05, 3.63) is 84.5 Å². The molecule has 0 saturated heterocycles. The van der Waals surface area contributed by atoms with Crippen LogP contribution in [-0.2, 0) is 4.79 Å². The maximum Gasteiger partial charge on any atom is 0.351 e. The van der Waals surface area contributed by atoms with E-state index in [1.54, 1.807) is 24.3 Å². The maximum absolute atomic E-state index is 12.5. The van der Waals surface area contributed by atoms with Gasteiger partial charge in [-0.25, -0.2) is 4.79 Å². The molecular weight excluding hydrogens is 388 g/mol. The number of esters is 1. The number of hydrogen-bond acceptors (Lipinski definition) is 4. The Morgan fingerprint density at radius 2 is 1.48 bits per heavy atom. The van der Waals surface area contributed by atoms with Gasteiger partial charge in [-0.1, -0.05) is 81.5 Å². The number of hydrogen-bond donors (Lipinski definition) is 1. The molecule has 0 bridgehead atoms. The molecule has 31 heavy (non-hydrogen) atoms. The minimum absolute atomic E-state index is 0.0253. The molecule has 1 N–H and O–H groups in total. The molecule has 0 heterocycles. The van der Waals surface area contributed by atoms with Crippen LogP contribution in [0, 0.1) is 0 Å². The Morgan fingerprint density at radius 1 is 0.871 bits per heavy atom. The van der Waals surface area contributed by atoms with E-state index in [9.17, 15) is 9.90 Å². The van der Waals surface area contributed by atoms with Gasteiger partial charge in [-0.2, -0.15) is 0 Å². The molecule has 0 fully saturated rings. The lowest BCUT2D eigenvalue weighted by Crippen LogP contribution is -2.39. The monoisotopic (exact) mass is 420 g/mol. The highest BCUT2D eigenvalue weighted by Crippen LogP contribution is 2.28. The summed E-state index contributed by atoms with van der Waals surface area (Å²) in [6.45, 7) is 2.90. The second-order valence-corrected chi connectivity index (χ2v) is 7.96. The minimum atomic E-state index is -1.77. The molecule has 4 nitrogen and oxygen atoms in total. The predicted octanol–water partition coefficient (Wildman–Crippen LogP) is 5.97. The summed E-state index contributed by atoms with van der Waals surface area (Å²) in [5.74, 6) is 0.414. The SMILES string of the molecule is CCCCCCCCOc1ccc(OC(=O)C2(O)C=CC(c3ccccc3)C=C2)cc1. The Bertz CT molecular complexity index is 854. The van der Waals surface area contributed by atoms with E-state index in [0.29, 0.717) is 12.4 Å². The van der Waals surface area contributed by atoms with Crippen LogP contribution >= 0.6 is 0 Å². The van der Waals surface area contributed by atoms with E-state index in [4.69, 9.17) is 9.47 Å². The Balaban J connectivity index is 1.45. The summed E-state index contributed by atoms with van der Waals surface area (Å²) < 4.78 is 11.1. The average Bonchev–Trinajstić information content (AvgIpc) is 2.80. The Morgan fingerprint density at radius 3 is 2.16 bits per heavy atom. The van der Waals surface area contributed by atoms with Gasteiger partial charge in [0.2, 0.25) is 0 Å². The van der Waals surface area contributed by atoms with Gasteiger partial charge in [0, 0.05) is 5.92 Å². The molecular formula is C27H32O4. The quantitative estimate of drug-likeness (QED) is 0.210. The Kier molecular flexibility index (Phi) is 8.48. The highest BCUT2D eigenvalue weighted by molar-refractivity contribution is 5.86. The van der Waals surface area contributed by atoms with E-state index in [1.807, 2.05) is 42.5 Å². The van der Waals surface area contributed by atoms with Gasteiger partial charge in [0.1, 0.15) is 11.5 Å². The number of carbonyl (C=O) groups is 1. The molecule has 0 unspecified atom stereocenters. The zero-order valence-electron chi connectivity index (χ0n) is 18.2. The predicted molar refractivity (Wildman–Crippen MR) is 123 cm³/mol. The molecule has 4 heteroatoms. The molecule has 3 rings (SSSR count). The second-order valence-electron chi connectivity index (χ2n) is 7.96. The van der Waals surface area contributed by atoms with Gasteiger partial charge in [-0.05, 0) is 48.4 Å². The van der Waals surface area contributed by atoms with E-state index in [1.165, 1.54) is 44.3 Å². The van der Waals surface area contributed by atoms with Crippen molar-refractivity contribution in [1.82, 2.24) is 0 Å². The second kappa shape index (κ2) is 11.5. The van der Waals surface area contributed by atoms with Gasteiger partial charge in [0.05, 0.1) is 6.61 Å². The number of unbranched alkanes of at least 4 members (excludes halogenated alkanes) is 5. The maximum atomic E-state index is 12.5. The van der Waals surface area contributed by atoms with Crippen LogP contribution in [-0.4, -0.2) is 23.3 Å². The highest BCUT2D eigenvalue weighted by atomic mass is 16.6. The van der Waals surface area contributed by atoms with Crippen molar-refractivity contribution < 1.29 is 19.4 Å². The first-order valence-electron chi connectivity index (χ1n) is 11.2. The third-order valence-corrected chi connectivity index (χ3v) is 5.43. The van der Waals surface area contributed by atoms with E-state index in [2.05, 4.69) is 6.92 Å². The van der Waals surface area contributed by atoms with Crippen molar-refractivity contribution in [3.63, 3.8) is 0 Å². The van der Waals surface area contributed by atoms with Crippen LogP contribution in [0.25, 0.3) is 0 Å². The van der Waals surface area contributed by atoms with Crippen LogP contribution in [0.1, 0.15) is 56.9 Å². The molecule has 0 radical (unpaired) electrons. The summed E-state index contributed by atoms with van der Waals surface area (Å²) in [6.07, 6.45) is 13.9. The normalized spacial score (nSPS) is 19.9. The van der Waals surface area contributed by atoms with Crippen LogP contribution < -0.4 is 9.47 Å². The lowest BCUT2D eigenvalue weighted by molar-refractivity contribution is -0.146. The third-order valence-electron chi connectivity index (χ3n) is 5.43. The van der Waals surface area contributed by atoms with Crippen LogP contribution in [0.3, 0.4) is 0 Å². The molecule has 0 atom stereocenters. The fraction of sp³-hybridized carbons (Fsp3) is 0.370. The summed E-state index contributed by atoms with van der Waals surface area (Å²) >= 11 is 0. The lowest BCUT2D eigenvalue weighted by Gasteiger charge is -2.23. The number of aliphatic hydroxyl groups is 1. The standard InChI is InChI=1S/C27H32O4/c1-2-3-4-5-6-10-21-30-24-13-15-25(16-14-24)31-26(28)27(29)19-17-23(18-20-27)22-11-8-7-9-12-22/h7-9,11-20,23,29H,2-6,10,21H2,1H3. The van der Waals surface area contributed by atoms with Gasteiger partial charge in [-0.15, -0.1) is 0 Å². The van der Waals surface area contributed by atoms with Gasteiger partial charge < -0.3 is 14.6 Å². The van der Waals surface area contributed by atoms with Gasteiger partial charge in [-0.3, -0.25) is 0 Å². The highest BCUT2D eigenvalue weighted by Gasteiger charge is 2.35. The number of carbonyl (C=O) groups excluding carboxylic acids is 1. The molecule has 2 aromatic rings. The number of allylic oxidation sites excluding steroid dienone is 2. The van der Waals surface area contributed by atoms with Gasteiger partial charge in [0.25, 0.3) is 0 Å². The van der Waals surface area contributed by atoms with E-state index in [-0.39, 0.29) is 5.92 Å². The first-order chi connectivity index (χ1) is 15.1. The molecule has 2 aromatic carbocycles. The van der Waals surface area contributed by atoms with Crippen molar-refractivity contribution >= 4 is 5.97 Å². The van der Waals surface area contributed by atoms with E-state index in [0.717, 1.165) is 17.7 Å². The number of benzene rings is 2. The third kappa shape index (κ3) is 6.83. The van der Waals surface area contributed by atoms with E-state index < -0.39 is 11.6 Å². The smallest absolute Gasteiger partial charge is 0.351 e. The fourth-order valence-electron chi connectivity index (χ4n) is 3.52. The number of rotatable bonds is 11. The number of ether oxygens (including phenoxy) is 2. The Labute approximate surface area is 185 Å². The van der Waals surface area contributed by atoms with Crippen molar-refractivity contribution in [2.75, 3.05) is 6.61 Å². The first-order valence-corrected chi connectivity index (χ1v) is 11.2. The summed E-state index contributed by atoms with van der Waals surface area (Å²) in [5, 5.41) is 10.7. The molecule has 164 valence electrons. The molecule has 0 amide bonds. The van der Waals surface area contributed by atoms with Crippen molar-refractivity contribution in [2.45, 2.75) is 57.0 Å². The summed E-state index contributed by atoms with van der Waals surface area (Å²) in [5.41, 5.74) is -0.667. The van der Waals surface area contributed by atoms with Crippen molar-refractivity contribution in [2.24, 2.45) is 0 Å². The zero-order valence-corrected chi connectivity index (χ0v) is 18.2. The first kappa shape index (κ1) is 22.8. The lowest BCUT2D eigenvalue weighted by atomic mass is 9.88. The summed E-state index contributed by atoms with van der Waals surface area (Å²) in [4.78, 5) is 12.5. The fourth-order valence-corrected chi connectivity index (χ4v) is 3.52. The largest absolute Gasteiger partial charge is 0.494 e. The van der Waals surface area contributed by atoms with Gasteiger partial charge in [0.15, 0.2) is 5.60 Å². The molecule has 1 aliphatic rings. The van der Waals surface area contributed by atoms with Gasteiger partial charge >= 0.3 is 5.97 Å². The average molecular weight is 421 g/mol. The molecule has 0 spiro atoms. The van der Waals surface area contributed by atoms with Crippen molar-refractivity contribution in [1.29, 1.82) is 0 Å². The molecule has 1 aliphatic carbocycles. The molecule has 0 aliphatic heterocycles.